The van der Waals surface area contributed by atoms with Gasteiger partial charge in [0.2, 0.25) is 5.95 Å². The lowest BCUT2D eigenvalue weighted by Crippen LogP contribution is -2.48. The van der Waals surface area contributed by atoms with Gasteiger partial charge in [-0.1, -0.05) is 19.3 Å². The molecule has 7 N–H and O–H groups in total. The third-order valence-electron chi connectivity index (χ3n) is 6.73. The van der Waals surface area contributed by atoms with E-state index in [-0.39, 0.29) is 22.9 Å². The average Bonchev–Trinajstić information content (AvgIpc) is 2.84. The maximum Gasteiger partial charge on any atom is 0.267 e. The lowest BCUT2D eigenvalue weighted by atomic mass is 9.82. The van der Waals surface area contributed by atoms with Crippen molar-refractivity contribution >= 4 is 29.3 Å². The van der Waals surface area contributed by atoms with E-state index in [0.717, 1.165) is 57.4 Å². The van der Waals surface area contributed by atoms with E-state index >= 15 is 0 Å². The molecule has 10 nitrogen and oxygen atoms in total. The van der Waals surface area contributed by atoms with E-state index in [1.807, 2.05) is 0 Å². The molecule has 0 unspecified atom stereocenters. The van der Waals surface area contributed by atoms with Crippen LogP contribution in [-0.4, -0.2) is 51.9 Å². The number of halogens is 1. The third kappa shape index (κ3) is 5.79. The quantitative estimate of drug-likeness (QED) is 0.403. The van der Waals surface area contributed by atoms with E-state index in [1.54, 1.807) is 4.90 Å². The SMILES string of the molecule is NC(=O)c1c(Nc2ccc(F)c(C(=O)N3CCCCC3)c2)nc(NCC2(N)CCCCC2)[nH]c1=O. The number of amides is 2. The van der Waals surface area contributed by atoms with Crippen LogP contribution in [0.25, 0.3) is 0 Å². The molecule has 1 aromatic carbocycles. The minimum absolute atomic E-state index is 0.0944. The van der Waals surface area contributed by atoms with Crippen LogP contribution in [0.3, 0.4) is 0 Å². The molecule has 35 heavy (non-hydrogen) atoms. The van der Waals surface area contributed by atoms with Gasteiger partial charge in [-0.25, -0.2) is 4.39 Å². The monoisotopic (exact) mass is 485 g/mol. The Balaban J connectivity index is 1.59. The second-order valence-electron chi connectivity index (χ2n) is 9.45. The van der Waals surface area contributed by atoms with Gasteiger partial charge in [0, 0.05) is 30.9 Å². The molecule has 1 aliphatic carbocycles. The number of rotatable bonds is 7. The smallest absolute Gasteiger partial charge is 0.267 e. The Labute approximate surface area is 202 Å². The summed E-state index contributed by atoms with van der Waals surface area (Å²) in [5.74, 6) is -1.99. The predicted molar refractivity (Wildman–Crippen MR) is 131 cm³/mol. The molecule has 2 aliphatic rings. The molecule has 0 radical (unpaired) electrons. The van der Waals surface area contributed by atoms with Gasteiger partial charge in [-0.2, -0.15) is 4.98 Å². The highest BCUT2D eigenvalue weighted by atomic mass is 19.1. The van der Waals surface area contributed by atoms with E-state index in [4.69, 9.17) is 11.5 Å². The molecule has 2 fully saturated rings. The zero-order chi connectivity index (χ0) is 25.0. The molecule has 1 saturated heterocycles. The Morgan fingerprint density at radius 1 is 1.11 bits per heavy atom. The van der Waals surface area contributed by atoms with Crippen molar-refractivity contribution in [3.8, 4) is 0 Å². The summed E-state index contributed by atoms with van der Waals surface area (Å²) in [6.07, 6.45) is 7.75. The predicted octanol–water partition coefficient (Wildman–Crippen LogP) is 2.45. The Morgan fingerprint density at radius 2 is 1.80 bits per heavy atom. The van der Waals surface area contributed by atoms with Crippen LogP contribution in [0.5, 0.6) is 0 Å². The van der Waals surface area contributed by atoms with Crippen LogP contribution in [0.1, 0.15) is 72.1 Å². The van der Waals surface area contributed by atoms with Crippen molar-refractivity contribution in [2.24, 2.45) is 11.5 Å². The van der Waals surface area contributed by atoms with Crippen LogP contribution in [0.4, 0.5) is 21.8 Å². The summed E-state index contributed by atoms with van der Waals surface area (Å²) in [7, 11) is 0. The first-order chi connectivity index (χ1) is 16.8. The van der Waals surface area contributed by atoms with Crippen molar-refractivity contribution in [3.05, 3.63) is 45.5 Å². The van der Waals surface area contributed by atoms with Crippen LogP contribution in [-0.2, 0) is 0 Å². The van der Waals surface area contributed by atoms with Gasteiger partial charge in [0.15, 0.2) is 5.82 Å². The first kappa shape index (κ1) is 24.6. The summed E-state index contributed by atoms with van der Waals surface area (Å²) < 4.78 is 14.5. The van der Waals surface area contributed by atoms with Gasteiger partial charge in [-0.05, 0) is 50.3 Å². The fourth-order valence-electron chi connectivity index (χ4n) is 4.74. The molecule has 1 aliphatic heterocycles. The van der Waals surface area contributed by atoms with E-state index in [1.165, 1.54) is 12.1 Å². The molecule has 188 valence electrons. The molecule has 2 amide bonds. The van der Waals surface area contributed by atoms with Crippen LogP contribution in [0, 0.1) is 5.82 Å². The molecule has 4 rings (SSSR count). The summed E-state index contributed by atoms with van der Waals surface area (Å²) >= 11 is 0. The topological polar surface area (TPSA) is 159 Å². The Morgan fingerprint density at radius 3 is 2.49 bits per heavy atom. The summed E-state index contributed by atoms with van der Waals surface area (Å²) in [5.41, 5.74) is 10.6. The molecule has 2 aromatic rings. The number of nitrogens with two attached hydrogens (primary N) is 2. The Kier molecular flexibility index (Phi) is 7.34. The standard InChI is InChI=1S/C24H32FN7O3/c25-17-8-7-15(13-16(17)22(35)32-11-5-2-6-12-32)29-20-18(19(26)33)21(34)31-23(30-20)28-14-24(27)9-3-1-4-10-24/h7-8,13H,1-6,9-12,14,27H2,(H2,26,33)(H3,28,29,30,31,34). The number of anilines is 3. The normalized spacial score (nSPS) is 17.6. The number of aromatic amines is 1. The number of H-pyrrole nitrogens is 1. The zero-order valence-electron chi connectivity index (χ0n) is 19.7. The number of piperidine rings is 1. The van der Waals surface area contributed by atoms with E-state index in [2.05, 4.69) is 20.6 Å². The molecule has 2 heterocycles. The highest BCUT2D eigenvalue weighted by Crippen LogP contribution is 2.26. The lowest BCUT2D eigenvalue weighted by Gasteiger charge is -2.33. The number of nitrogens with one attached hydrogen (secondary N) is 3. The van der Waals surface area contributed by atoms with Crippen LogP contribution in [0.2, 0.25) is 0 Å². The van der Waals surface area contributed by atoms with Gasteiger partial charge in [-0.15, -0.1) is 0 Å². The minimum Gasteiger partial charge on any atom is -0.365 e. The number of hydrogen-bond acceptors (Lipinski definition) is 7. The van der Waals surface area contributed by atoms with Crippen molar-refractivity contribution in [1.82, 2.24) is 14.9 Å². The second-order valence-corrected chi connectivity index (χ2v) is 9.45. The van der Waals surface area contributed by atoms with Gasteiger partial charge in [0.25, 0.3) is 17.4 Å². The van der Waals surface area contributed by atoms with Crippen LogP contribution in [0.15, 0.2) is 23.0 Å². The van der Waals surface area contributed by atoms with E-state index in [9.17, 15) is 18.8 Å². The van der Waals surface area contributed by atoms with Crippen molar-refractivity contribution in [1.29, 1.82) is 0 Å². The molecule has 1 saturated carbocycles. The molecule has 0 atom stereocenters. The number of hydrogen-bond donors (Lipinski definition) is 5. The fraction of sp³-hybridized carbons (Fsp3) is 0.500. The minimum atomic E-state index is -0.970. The lowest BCUT2D eigenvalue weighted by molar-refractivity contribution is 0.0719. The summed E-state index contributed by atoms with van der Waals surface area (Å²) in [6.45, 7) is 1.56. The summed E-state index contributed by atoms with van der Waals surface area (Å²) in [6, 6.07) is 3.92. The number of primary amides is 1. The van der Waals surface area contributed by atoms with Crippen molar-refractivity contribution < 1.29 is 14.0 Å². The largest absolute Gasteiger partial charge is 0.365 e. The van der Waals surface area contributed by atoms with Gasteiger partial charge in [0.05, 0.1) is 5.56 Å². The van der Waals surface area contributed by atoms with E-state index < -0.39 is 28.7 Å². The van der Waals surface area contributed by atoms with Crippen molar-refractivity contribution in [3.63, 3.8) is 0 Å². The summed E-state index contributed by atoms with van der Waals surface area (Å²) in [4.78, 5) is 46.0. The van der Waals surface area contributed by atoms with E-state index in [0.29, 0.717) is 25.3 Å². The second kappa shape index (κ2) is 10.4. The first-order valence-electron chi connectivity index (χ1n) is 12.1. The Hall–Kier alpha value is -3.47. The van der Waals surface area contributed by atoms with Gasteiger partial charge in [-0.3, -0.25) is 19.4 Å². The third-order valence-corrected chi connectivity index (χ3v) is 6.73. The zero-order valence-corrected chi connectivity index (χ0v) is 19.7. The van der Waals surface area contributed by atoms with Gasteiger partial charge < -0.3 is 27.0 Å². The average molecular weight is 486 g/mol. The first-order valence-corrected chi connectivity index (χ1v) is 12.1. The number of nitrogens with zero attached hydrogens (tertiary/aromatic N) is 2. The van der Waals surface area contributed by atoms with Crippen molar-refractivity contribution in [2.75, 3.05) is 30.3 Å². The number of carbonyl (C=O) groups excluding carboxylic acids is 2. The highest BCUT2D eigenvalue weighted by molar-refractivity contribution is 5.99. The number of likely N-dealkylation sites (tertiary alicyclic amines) is 1. The van der Waals surface area contributed by atoms with Crippen LogP contribution >= 0.6 is 0 Å². The molecule has 1 aromatic heterocycles. The molecule has 11 heteroatoms. The Bertz CT molecular complexity index is 1150. The molecular weight excluding hydrogens is 453 g/mol. The number of carbonyl (C=O) groups is 2. The fourth-order valence-corrected chi connectivity index (χ4v) is 4.74. The molecular formula is C24H32FN7O3. The van der Waals surface area contributed by atoms with Gasteiger partial charge in [0.1, 0.15) is 11.4 Å². The van der Waals surface area contributed by atoms with Gasteiger partial charge >= 0.3 is 0 Å². The molecule has 0 spiro atoms. The number of benzene rings is 1. The molecule has 0 bridgehead atoms. The number of aromatic nitrogens is 2. The maximum absolute atomic E-state index is 14.5. The van der Waals surface area contributed by atoms with Crippen molar-refractivity contribution in [2.45, 2.75) is 56.9 Å². The maximum atomic E-state index is 14.5. The highest BCUT2D eigenvalue weighted by Gasteiger charge is 2.28. The summed E-state index contributed by atoms with van der Waals surface area (Å²) in [5, 5.41) is 5.93. The van der Waals surface area contributed by atoms with Crippen LogP contribution < -0.4 is 27.7 Å².